The maximum atomic E-state index is 12.2. The van der Waals surface area contributed by atoms with E-state index in [1.54, 1.807) is 6.07 Å². The summed E-state index contributed by atoms with van der Waals surface area (Å²) in [6.07, 6.45) is 1.08. The highest BCUT2D eigenvalue weighted by Crippen LogP contribution is 2.28. The van der Waals surface area contributed by atoms with Gasteiger partial charge in [0.15, 0.2) is 0 Å². The van der Waals surface area contributed by atoms with Crippen LogP contribution in [0.3, 0.4) is 0 Å². The zero-order chi connectivity index (χ0) is 15.5. The van der Waals surface area contributed by atoms with E-state index < -0.39 is 0 Å². The molecule has 2 aromatic rings. The second-order valence-electron chi connectivity index (χ2n) is 5.80. The Bertz CT molecular complexity index is 684. The summed E-state index contributed by atoms with van der Waals surface area (Å²) in [6.45, 7) is 5.66. The molecule has 0 radical (unpaired) electrons. The molecule has 0 saturated carbocycles. The van der Waals surface area contributed by atoms with Crippen LogP contribution in [0.5, 0.6) is 0 Å². The number of carbonyl (C=O) groups is 1. The number of hydrogen-bond donors (Lipinski definition) is 1. The van der Waals surface area contributed by atoms with Gasteiger partial charge in [-0.2, -0.15) is 0 Å². The molecule has 1 aromatic heterocycles. The number of fused-ring (bicyclic) bond motifs is 1. The average Bonchev–Trinajstić information content (AvgIpc) is 2.96. The predicted molar refractivity (Wildman–Crippen MR) is 88.3 cm³/mol. The van der Waals surface area contributed by atoms with Gasteiger partial charge in [-0.25, -0.2) is 4.98 Å². The lowest BCUT2D eigenvalue weighted by molar-refractivity contribution is 0.0946. The molecule has 0 bridgehead atoms. The largest absolute Gasteiger partial charge is 0.366 e. The summed E-state index contributed by atoms with van der Waals surface area (Å²) in [6, 6.07) is 14.2. The first kappa shape index (κ1) is 14.6. The summed E-state index contributed by atoms with van der Waals surface area (Å²) < 4.78 is 0. The van der Waals surface area contributed by atoms with Gasteiger partial charge in [0.05, 0.1) is 0 Å². The Kier molecular flexibility index (Phi) is 4.09. The molecule has 1 unspecified atom stereocenters. The molecule has 0 saturated heterocycles. The number of amides is 1. The fourth-order valence-electron chi connectivity index (χ4n) is 2.93. The van der Waals surface area contributed by atoms with E-state index in [1.165, 1.54) is 11.3 Å². The molecule has 4 nitrogen and oxygen atoms in total. The molecule has 0 fully saturated rings. The van der Waals surface area contributed by atoms with Crippen LogP contribution in [0, 0.1) is 6.92 Å². The monoisotopic (exact) mass is 295 g/mol. The average molecular weight is 295 g/mol. The van der Waals surface area contributed by atoms with E-state index in [9.17, 15) is 4.79 Å². The Morgan fingerprint density at radius 3 is 2.91 bits per heavy atom. The third kappa shape index (κ3) is 2.96. The number of carbonyl (C=O) groups excluding carboxylic acids is 1. The van der Waals surface area contributed by atoms with Crippen molar-refractivity contribution in [3.63, 3.8) is 0 Å². The first-order valence-electron chi connectivity index (χ1n) is 7.71. The van der Waals surface area contributed by atoms with Crippen LogP contribution in [0.1, 0.15) is 28.7 Å². The van der Waals surface area contributed by atoms with Gasteiger partial charge in [-0.3, -0.25) is 4.79 Å². The molecule has 114 valence electrons. The lowest BCUT2D eigenvalue weighted by atomic mass is 10.2. The van der Waals surface area contributed by atoms with E-state index in [0.29, 0.717) is 12.2 Å². The van der Waals surface area contributed by atoms with Crippen molar-refractivity contribution in [1.82, 2.24) is 10.3 Å². The maximum absolute atomic E-state index is 12.2. The number of benzene rings is 1. The molecule has 1 aliphatic rings. The van der Waals surface area contributed by atoms with Crippen molar-refractivity contribution < 1.29 is 4.79 Å². The third-order valence-electron chi connectivity index (χ3n) is 4.13. The van der Waals surface area contributed by atoms with Gasteiger partial charge < -0.3 is 10.2 Å². The molecule has 1 N–H and O–H groups in total. The highest BCUT2D eigenvalue weighted by Gasteiger charge is 2.23. The summed E-state index contributed by atoms with van der Waals surface area (Å²) in [4.78, 5) is 18.8. The second kappa shape index (κ2) is 6.18. The van der Waals surface area contributed by atoms with Crippen LogP contribution >= 0.6 is 0 Å². The number of nitrogens with zero attached hydrogens (tertiary/aromatic N) is 2. The van der Waals surface area contributed by atoms with Crippen molar-refractivity contribution in [2.24, 2.45) is 0 Å². The highest BCUT2D eigenvalue weighted by atomic mass is 16.1. The van der Waals surface area contributed by atoms with Crippen molar-refractivity contribution in [3.05, 3.63) is 59.4 Å². The number of anilines is 1. The van der Waals surface area contributed by atoms with Gasteiger partial charge in [0.2, 0.25) is 0 Å². The van der Waals surface area contributed by atoms with Crippen molar-refractivity contribution in [3.8, 4) is 0 Å². The minimum Gasteiger partial charge on any atom is -0.366 e. The molecule has 0 spiro atoms. The predicted octanol–water partition coefficient (Wildman–Crippen LogP) is 2.57. The summed E-state index contributed by atoms with van der Waals surface area (Å²) in [5.41, 5.74) is 4.02. The van der Waals surface area contributed by atoms with Crippen LogP contribution < -0.4 is 10.2 Å². The number of para-hydroxylation sites is 1. The van der Waals surface area contributed by atoms with Gasteiger partial charge in [0.1, 0.15) is 5.69 Å². The molecule has 1 atom stereocenters. The second-order valence-corrected chi connectivity index (χ2v) is 5.80. The first-order chi connectivity index (χ1) is 10.6. The molecule has 4 heteroatoms. The highest BCUT2D eigenvalue weighted by molar-refractivity contribution is 5.92. The lowest BCUT2D eigenvalue weighted by Gasteiger charge is -2.27. The maximum Gasteiger partial charge on any atom is 0.269 e. The zero-order valence-corrected chi connectivity index (χ0v) is 13.0. The van der Waals surface area contributed by atoms with Crippen LogP contribution in [0.25, 0.3) is 0 Å². The van der Waals surface area contributed by atoms with Crippen LogP contribution in [-0.4, -0.2) is 30.0 Å². The number of rotatable bonds is 4. The van der Waals surface area contributed by atoms with Crippen molar-refractivity contribution in [1.29, 1.82) is 0 Å². The van der Waals surface area contributed by atoms with Crippen molar-refractivity contribution >= 4 is 11.6 Å². The van der Waals surface area contributed by atoms with Crippen LogP contribution in [0.15, 0.2) is 42.5 Å². The van der Waals surface area contributed by atoms with Gasteiger partial charge in [-0.15, -0.1) is 0 Å². The lowest BCUT2D eigenvalue weighted by Crippen LogP contribution is -2.41. The Morgan fingerprint density at radius 2 is 2.09 bits per heavy atom. The van der Waals surface area contributed by atoms with E-state index in [0.717, 1.165) is 18.7 Å². The summed E-state index contributed by atoms with van der Waals surface area (Å²) in [5.74, 6) is -0.108. The summed E-state index contributed by atoms with van der Waals surface area (Å²) in [7, 11) is 0. The molecular formula is C18H21N3O. The molecule has 3 rings (SSSR count). The van der Waals surface area contributed by atoms with Crippen molar-refractivity contribution in [2.45, 2.75) is 26.3 Å². The van der Waals surface area contributed by atoms with E-state index in [-0.39, 0.29) is 11.9 Å². The van der Waals surface area contributed by atoms with E-state index >= 15 is 0 Å². The van der Waals surface area contributed by atoms with E-state index in [2.05, 4.69) is 46.4 Å². The van der Waals surface area contributed by atoms with Gasteiger partial charge in [-0.1, -0.05) is 24.3 Å². The number of hydrogen-bond acceptors (Lipinski definition) is 3. The van der Waals surface area contributed by atoms with Gasteiger partial charge in [0, 0.05) is 30.5 Å². The van der Waals surface area contributed by atoms with Crippen LogP contribution in [-0.2, 0) is 6.42 Å². The Labute approximate surface area is 131 Å². The molecule has 1 amide bonds. The Morgan fingerprint density at radius 1 is 1.27 bits per heavy atom. The number of pyridine rings is 1. The van der Waals surface area contributed by atoms with Crippen LogP contribution in [0.4, 0.5) is 5.69 Å². The fourth-order valence-corrected chi connectivity index (χ4v) is 2.93. The molecule has 1 aliphatic heterocycles. The third-order valence-corrected chi connectivity index (χ3v) is 4.13. The summed E-state index contributed by atoms with van der Waals surface area (Å²) >= 11 is 0. The van der Waals surface area contributed by atoms with E-state index in [4.69, 9.17) is 0 Å². The molecule has 1 aromatic carbocycles. The number of aromatic nitrogens is 1. The van der Waals surface area contributed by atoms with Gasteiger partial charge >= 0.3 is 0 Å². The smallest absolute Gasteiger partial charge is 0.269 e. The van der Waals surface area contributed by atoms with Crippen molar-refractivity contribution in [2.75, 3.05) is 18.0 Å². The van der Waals surface area contributed by atoms with Crippen LogP contribution in [0.2, 0.25) is 0 Å². The van der Waals surface area contributed by atoms with Gasteiger partial charge in [-0.05, 0) is 44.0 Å². The SMILES string of the molecule is Cc1cccc(C(=O)NCC(C)N2CCc3ccccc32)n1. The minimum absolute atomic E-state index is 0.108. The first-order valence-corrected chi connectivity index (χ1v) is 7.71. The summed E-state index contributed by atoms with van der Waals surface area (Å²) in [5, 5.41) is 2.99. The Hall–Kier alpha value is -2.36. The zero-order valence-electron chi connectivity index (χ0n) is 13.0. The van der Waals surface area contributed by atoms with E-state index in [1.807, 2.05) is 19.1 Å². The number of aryl methyl sites for hydroxylation is 1. The molecular weight excluding hydrogens is 274 g/mol. The minimum atomic E-state index is -0.108. The normalized spacial score (nSPS) is 14.5. The fraction of sp³-hybridized carbons (Fsp3) is 0.333. The quantitative estimate of drug-likeness (QED) is 0.943. The number of nitrogens with one attached hydrogen (secondary N) is 1. The molecule has 2 heterocycles. The Balaban J connectivity index is 1.61. The standard InChI is InChI=1S/C18H21N3O/c1-13-6-5-8-16(20-13)18(22)19-12-14(2)21-11-10-15-7-3-4-9-17(15)21/h3-9,14H,10-12H2,1-2H3,(H,19,22). The van der Waals surface area contributed by atoms with Gasteiger partial charge in [0.25, 0.3) is 5.91 Å². The molecule has 0 aliphatic carbocycles. The molecule has 22 heavy (non-hydrogen) atoms. The topological polar surface area (TPSA) is 45.2 Å².